The number of halogens is 1. The zero-order chi connectivity index (χ0) is 24.5. The molecule has 34 heavy (non-hydrogen) atoms. The maximum Gasteiger partial charge on any atom is 0.408 e. The van der Waals surface area contributed by atoms with Crippen LogP contribution in [0.15, 0.2) is 51.7 Å². The first kappa shape index (κ1) is 23.8. The molecule has 1 aromatic heterocycles. The predicted octanol–water partition coefficient (Wildman–Crippen LogP) is 4.98. The number of esters is 1. The molecule has 3 aromatic rings. The van der Waals surface area contributed by atoms with Crippen molar-refractivity contribution in [3.8, 4) is 5.75 Å². The molecular formula is C26H26ClNO6. The molecule has 1 N–H and O–H groups in total. The van der Waals surface area contributed by atoms with Gasteiger partial charge in [-0.1, -0.05) is 41.9 Å². The Morgan fingerprint density at radius 3 is 2.53 bits per heavy atom. The highest BCUT2D eigenvalue weighted by Gasteiger charge is 2.28. The van der Waals surface area contributed by atoms with Crippen molar-refractivity contribution >= 4 is 34.6 Å². The molecule has 0 saturated heterocycles. The standard InChI is InChI=1S/C26H26ClNO6/c1-26(2,3)34-25(31)28-20(12-15-8-5-4-6-9-15)24(30)33-22-14-21-18(13-19(22)27)16-10-7-11-17(16)23(29)32-21/h4-6,8-9,13-14,20H,7,10-12H2,1-3H3,(H,28,31)/t20-/m0/s1. The van der Waals surface area contributed by atoms with E-state index in [-0.39, 0.29) is 22.8 Å². The summed E-state index contributed by atoms with van der Waals surface area (Å²) in [6.07, 6.45) is 1.78. The Kier molecular flexibility index (Phi) is 6.66. The Labute approximate surface area is 202 Å². The van der Waals surface area contributed by atoms with Crippen LogP contribution in [0.1, 0.15) is 43.9 Å². The van der Waals surface area contributed by atoms with E-state index in [1.54, 1.807) is 26.8 Å². The molecular weight excluding hydrogens is 458 g/mol. The van der Waals surface area contributed by atoms with Gasteiger partial charge in [-0.25, -0.2) is 14.4 Å². The number of amides is 1. The molecule has 178 valence electrons. The van der Waals surface area contributed by atoms with Crippen LogP contribution in [0.3, 0.4) is 0 Å². The SMILES string of the molecule is CC(C)(C)OC(=O)N[C@@H](Cc1ccccc1)C(=O)Oc1cc2oc(=O)c3c(c2cc1Cl)CCC3. The minimum Gasteiger partial charge on any atom is -0.444 e. The fourth-order valence-corrected chi connectivity index (χ4v) is 4.24. The van der Waals surface area contributed by atoms with Crippen LogP contribution in [0.2, 0.25) is 5.02 Å². The fraction of sp³-hybridized carbons (Fsp3) is 0.346. The highest BCUT2D eigenvalue weighted by Crippen LogP contribution is 2.35. The summed E-state index contributed by atoms with van der Waals surface area (Å²) in [5, 5.41) is 3.54. The Hall–Kier alpha value is -3.32. The summed E-state index contributed by atoms with van der Waals surface area (Å²) in [6.45, 7) is 5.20. The van der Waals surface area contributed by atoms with Crippen LogP contribution < -0.4 is 15.7 Å². The lowest BCUT2D eigenvalue weighted by molar-refractivity contribution is -0.136. The van der Waals surface area contributed by atoms with Crippen molar-refractivity contribution < 1.29 is 23.5 Å². The third-order valence-electron chi connectivity index (χ3n) is 5.49. The summed E-state index contributed by atoms with van der Waals surface area (Å²) in [6, 6.07) is 11.3. The van der Waals surface area contributed by atoms with Crippen LogP contribution in [0.25, 0.3) is 11.0 Å². The number of benzene rings is 2. The number of carbonyl (C=O) groups excluding carboxylic acids is 2. The van der Waals surface area contributed by atoms with Crippen molar-refractivity contribution in [1.82, 2.24) is 5.32 Å². The largest absolute Gasteiger partial charge is 0.444 e. The molecule has 0 fully saturated rings. The molecule has 1 aliphatic carbocycles. The van der Waals surface area contributed by atoms with Gasteiger partial charge in [0.05, 0.1) is 5.02 Å². The zero-order valence-corrected chi connectivity index (χ0v) is 20.0. The Morgan fingerprint density at radius 2 is 1.82 bits per heavy atom. The number of fused-ring (bicyclic) bond motifs is 3. The van der Waals surface area contributed by atoms with Gasteiger partial charge < -0.3 is 19.2 Å². The lowest BCUT2D eigenvalue weighted by atomic mass is 10.1. The van der Waals surface area contributed by atoms with Crippen LogP contribution in [-0.2, 0) is 28.8 Å². The van der Waals surface area contributed by atoms with Crippen molar-refractivity contribution in [3.05, 3.63) is 74.6 Å². The number of hydrogen-bond acceptors (Lipinski definition) is 6. The Morgan fingerprint density at radius 1 is 1.12 bits per heavy atom. The monoisotopic (exact) mass is 483 g/mol. The average molecular weight is 484 g/mol. The number of alkyl carbamates (subject to hydrolysis) is 1. The number of hydrogen-bond donors (Lipinski definition) is 1. The molecule has 1 atom stereocenters. The Bertz CT molecular complexity index is 1290. The van der Waals surface area contributed by atoms with E-state index in [0.29, 0.717) is 17.6 Å². The maximum atomic E-state index is 13.1. The van der Waals surface area contributed by atoms with Gasteiger partial charge in [0.25, 0.3) is 0 Å². The van der Waals surface area contributed by atoms with Crippen molar-refractivity contribution in [2.24, 2.45) is 0 Å². The van der Waals surface area contributed by atoms with Gasteiger partial charge in [0, 0.05) is 23.4 Å². The van der Waals surface area contributed by atoms with Crippen LogP contribution in [0.4, 0.5) is 4.79 Å². The molecule has 7 nitrogen and oxygen atoms in total. The highest BCUT2D eigenvalue weighted by atomic mass is 35.5. The lowest BCUT2D eigenvalue weighted by Crippen LogP contribution is -2.46. The molecule has 0 aliphatic heterocycles. The van der Waals surface area contributed by atoms with Crippen molar-refractivity contribution in [2.75, 3.05) is 0 Å². The molecule has 0 radical (unpaired) electrons. The van der Waals surface area contributed by atoms with Crippen LogP contribution in [-0.4, -0.2) is 23.7 Å². The van der Waals surface area contributed by atoms with E-state index < -0.39 is 23.7 Å². The summed E-state index contributed by atoms with van der Waals surface area (Å²) in [4.78, 5) is 37.8. The van der Waals surface area contributed by atoms with Crippen LogP contribution in [0.5, 0.6) is 5.75 Å². The third-order valence-corrected chi connectivity index (χ3v) is 5.79. The van der Waals surface area contributed by atoms with Gasteiger partial charge in [-0.3, -0.25) is 0 Å². The molecule has 8 heteroatoms. The summed E-state index contributed by atoms with van der Waals surface area (Å²) in [7, 11) is 0. The predicted molar refractivity (Wildman–Crippen MR) is 128 cm³/mol. The fourth-order valence-electron chi connectivity index (χ4n) is 4.03. The minimum absolute atomic E-state index is 0.0457. The molecule has 0 bridgehead atoms. The molecule has 1 aliphatic rings. The number of ether oxygens (including phenoxy) is 2. The van der Waals surface area contributed by atoms with E-state index in [0.717, 1.165) is 29.4 Å². The van der Waals surface area contributed by atoms with Gasteiger partial charge in [-0.2, -0.15) is 0 Å². The van der Waals surface area contributed by atoms with Gasteiger partial charge in [0.2, 0.25) is 0 Å². The van der Waals surface area contributed by atoms with E-state index in [1.807, 2.05) is 30.3 Å². The first-order valence-corrected chi connectivity index (χ1v) is 11.5. The quantitative estimate of drug-likeness (QED) is 0.312. The summed E-state index contributed by atoms with van der Waals surface area (Å²) in [5.41, 5.74) is 1.62. The molecule has 4 rings (SSSR count). The van der Waals surface area contributed by atoms with E-state index in [2.05, 4.69) is 5.32 Å². The second-order valence-electron chi connectivity index (χ2n) is 9.29. The van der Waals surface area contributed by atoms with E-state index in [1.165, 1.54) is 6.07 Å². The van der Waals surface area contributed by atoms with Gasteiger partial charge in [-0.05, 0) is 57.2 Å². The van der Waals surface area contributed by atoms with Gasteiger partial charge in [0.15, 0.2) is 5.75 Å². The Balaban J connectivity index is 1.61. The number of rotatable bonds is 5. The summed E-state index contributed by atoms with van der Waals surface area (Å²) in [5.74, 6) is -0.677. The summed E-state index contributed by atoms with van der Waals surface area (Å²) >= 11 is 6.44. The number of carbonyl (C=O) groups is 2. The van der Waals surface area contributed by atoms with Gasteiger partial charge in [0.1, 0.15) is 17.2 Å². The first-order chi connectivity index (χ1) is 16.1. The van der Waals surface area contributed by atoms with Crippen LogP contribution >= 0.6 is 11.6 Å². The molecule has 2 aromatic carbocycles. The molecule has 0 spiro atoms. The van der Waals surface area contributed by atoms with Crippen molar-refractivity contribution in [2.45, 2.75) is 58.1 Å². The number of nitrogens with one attached hydrogen (secondary N) is 1. The average Bonchev–Trinajstić information content (AvgIpc) is 3.25. The third kappa shape index (κ3) is 5.42. The number of aryl methyl sites for hydroxylation is 1. The van der Waals surface area contributed by atoms with Crippen molar-refractivity contribution in [1.29, 1.82) is 0 Å². The molecule has 0 unspecified atom stereocenters. The van der Waals surface area contributed by atoms with E-state index in [9.17, 15) is 14.4 Å². The zero-order valence-electron chi connectivity index (χ0n) is 19.3. The molecule has 1 heterocycles. The first-order valence-electron chi connectivity index (χ1n) is 11.1. The van der Waals surface area contributed by atoms with Crippen LogP contribution in [0, 0.1) is 0 Å². The topological polar surface area (TPSA) is 94.8 Å². The molecule has 1 amide bonds. The maximum absolute atomic E-state index is 13.1. The van der Waals surface area contributed by atoms with Crippen molar-refractivity contribution in [3.63, 3.8) is 0 Å². The second kappa shape index (κ2) is 9.50. The van der Waals surface area contributed by atoms with Gasteiger partial charge in [-0.15, -0.1) is 0 Å². The second-order valence-corrected chi connectivity index (χ2v) is 9.70. The smallest absolute Gasteiger partial charge is 0.408 e. The lowest BCUT2D eigenvalue weighted by Gasteiger charge is -2.23. The normalized spacial score (nSPS) is 13.9. The van der Waals surface area contributed by atoms with E-state index in [4.69, 9.17) is 25.5 Å². The summed E-state index contributed by atoms with van der Waals surface area (Å²) < 4.78 is 16.3. The van der Waals surface area contributed by atoms with Gasteiger partial charge >= 0.3 is 17.7 Å². The highest BCUT2D eigenvalue weighted by molar-refractivity contribution is 6.33. The van der Waals surface area contributed by atoms with E-state index >= 15 is 0 Å². The molecule has 0 saturated carbocycles. The minimum atomic E-state index is -1.03.